The number of benzene rings is 1. The molecule has 0 saturated carbocycles. The third-order valence-electron chi connectivity index (χ3n) is 1.50. The van der Waals surface area contributed by atoms with Crippen molar-refractivity contribution in [3.8, 4) is 0 Å². The Morgan fingerprint density at radius 1 is 1.08 bits per heavy atom. The van der Waals surface area contributed by atoms with Crippen LogP contribution < -0.4 is 0 Å². The van der Waals surface area contributed by atoms with Crippen LogP contribution in [0.2, 0.25) is 0 Å². The fourth-order valence-electron chi connectivity index (χ4n) is 0.800. The monoisotopic (exact) mass is 387 g/mol. The van der Waals surface area contributed by atoms with Gasteiger partial charge in [0.15, 0.2) is 0 Å². The summed E-state index contributed by atoms with van der Waals surface area (Å²) in [6, 6.07) is 6.29. The molecule has 66 valence electrons. The molecular weight excluding hydrogens is 370 g/mol. The van der Waals surface area contributed by atoms with Gasteiger partial charge in [0.25, 0.3) is 0 Å². The number of hydrogen-bond donors (Lipinski definition) is 0. The molecule has 1 aromatic carbocycles. The summed E-state index contributed by atoms with van der Waals surface area (Å²) in [5.74, 6) is 0. The number of aryl methyl sites for hydroxylation is 2. The van der Waals surface area contributed by atoms with Crippen LogP contribution in [0.15, 0.2) is 18.2 Å². The molecule has 0 bridgehead atoms. The molecule has 0 nitrogen and oxygen atoms in total. The normalized spacial score (nSPS) is 7.67. The van der Waals surface area contributed by atoms with Crippen LogP contribution in [0, 0.1) is 51.9 Å². The van der Waals surface area contributed by atoms with Crippen molar-refractivity contribution in [1.82, 2.24) is 0 Å². The summed E-state index contributed by atoms with van der Waals surface area (Å²) in [5, 5.41) is 0. The van der Waals surface area contributed by atoms with E-state index in [4.69, 9.17) is 0 Å². The SMILES string of the molecule is CC.[CH2-]c1cc(C)ccc1C.[U]. The second kappa shape index (κ2) is 7.77. The molecule has 0 fully saturated rings. The molecule has 1 aromatic rings. The summed E-state index contributed by atoms with van der Waals surface area (Å²) < 4.78 is 0. The van der Waals surface area contributed by atoms with Gasteiger partial charge in [-0.25, -0.2) is 0 Å². The smallest absolute Gasteiger partial charge is 0 e. The minimum absolute atomic E-state index is 0. The fourth-order valence-corrected chi connectivity index (χ4v) is 0.800. The third-order valence-corrected chi connectivity index (χ3v) is 1.50. The van der Waals surface area contributed by atoms with Gasteiger partial charge in [-0.05, 0) is 0 Å². The van der Waals surface area contributed by atoms with Crippen LogP contribution in [0.1, 0.15) is 30.5 Å². The van der Waals surface area contributed by atoms with Crippen LogP contribution in [-0.2, 0) is 0 Å². The predicted molar refractivity (Wildman–Crippen MR) is 51.7 cm³/mol. The molecule has 0 amide bonds. The topological polar surface area (TPSA) is 0 Å². The Morgan fingerprint density at radius 2 is 1.58 bits per heavy atom. The summed E-state index contributed by atoms with van der Waals surface area (Å²) in [7, 11) is 0. The molecule has 0 radical (unpaired) electrons. The van der Waals surface area contributed by atoms with Gasteiger partial charge in [-0.15, -0.1) is 11.6 Å². The maximum absolute atomic E-state index is 3.88. The molecule has 1 rings (SSSR count). The fraction of sp³-hybridized carbons (Fsp3) is 0.364. The largest absolute Gasteiger partial charge is 0.198 e. The van der Waals surface area contributed by atoms with Crippen LogP contribution in [0.5, 0.6) is 0 Å². The van der Waals surface area contributed by atoms with Gasteiger partial charge in [0.1, 0.15) is 0 Å². The van der Waals surface area contributed by atoms with E-state index in [-0.39, 0.29) is 31.1 Å². The second-order valence-corrected chi connectivity index (χ2v) is 2.43. The molecular formula is C11H17U-. The van der Waals surface area contributed by atoms with Crippen molar-refractivity contribution < 1.29 is 31.1 Å². The van der Waals surface area contributed by atoms with Gasteiger partial charge in [0.05, 0.1) is 0 Å². The molecule has 0 N–H and O–H groups in total. The van der Waals surface area contributed by atoms with Gasteiger partial charge in [-0.2, -0.15) is 24.1 Å². The van der Waals surface area contributed by atoms with E-state index in [2.05, 4.69) is 39.0 Å². The van der Waals surface area contributed by atoms with Crippen molar-refractivity contribution in [3.05, 3.63) is 41.8 Å². The molecule has 0 aliphatic heterocycles. The van der Waals surface area contributed by atoms with Crippen molar-refractivity contribution in [2.75, 3.05) is 0 Å². The summed E-state index contributed by atoms with van der Waals surface area (Å²) in [6.07, 6.45) is 0. The van der Waals surface area contributed by atoms with Gasteiger partial charge in [-0.3, -0.25) is 0 Å². The zero-order valence-corrected chi connectivity index (χ0v) is 12.6. The third kappa shape index (κ3) is 4.91. The van der Waals surface area contributed by atoms with E-state index >= 15 is 0 Å². The van der Waals surface area contributed by atoms with E-state index in [1.807, 2.05) is 13.8 Å². The van der Waals surface area contributed by atoms with Crippen molar-refractivity contribution in [2.45, 2.75) is 27.7 Å². The first-order valence-corrected chi connectivity index (χ1v) is 4.09. The Morgan fingerprint density at radius 3 is 1.92 bits per heavy atom. The average Bonchev–Trinajstić information content (AvgIpc) is 2.02. The van der Waals surface area contributed by atoms with Crippen molar-refractivity contribution in [3.63, 3.8) is 0 Å². The molecule has 1 heteroatoms. The number of hydrogen-bond acceptors (Lipinski definition) is 0. The Kier molecular flexibility index (Phi) is 9.49. The van der Waals surface area contributed by atoms with Gasteiger partial charge < -0.3 is 0 Å². The molecule has 0 aliphatic rings. The van der Waals surface area contributed by atoms with E-state index in [0.717, 1.165) is 5.56 Å². The van der Waals surface area contributed by atoms with E-state index in [1.165, 1.54) is 11.1 Å². The van der Waals surface area contributed by atoms with Gasteiger partial charge in [0.2, 0.25) is 0 Å². The molecule has 0 spiro atoms. The Balaban J connectivity index is 0. The minimum Gasteiger partial charge on any atom is -0.198 e. The second-order valence-electron chi connectivity index (χ2n) is 2.43. The Hall–Kier alpha value is 0.142. The average molecular weight is 387 g/mol. The van der Waals surface area contributed by atoms with Crippen LogP contribution in [-0.4, -0.2) is 0 Å². The summed E-state index contributed by atoms with van der Waals surface area (Å²) in [6.45, 7) is 12.0. The summed E-state index contributed by atoms with van der Waals surface area (Å²) in [5.41, 5.74) is 3.68. The van der Waals surface area contributed by atoms with Crippen LogP contribution in [0.4, 0.5) is 0 Å². The zero-order chi connectivity index (χ0) is 8.85. The maximum Gasteiger partial charge on any atom is 0 e. The van der Waals surface area contributed by atoms with Crippen LogP contribution >= 0.6 is 0 Å². The van der Waals surface area contributed by atoms with Crippen molar-refractivity contribution in [1.29, 1.82) is 0 Å². The minimum atomic E-state index is 0. The van der Waals surface area contributed by atoms with Gasteiger partial charge >= 0.3 is 0 Å². The molecule has 0 atom stereocenters. The van der Waals surface area contributed by atoms with Crippen LogP contribution in [0.3, 0.4) is 0 Å². The first-order chi connectivity index (χ1) is 5.20. The van der Waals surface area contributed by atoms with E-state index < -0.39 is 0 Å². The van der Waals surface area contributed by atoms with E-state index in [0.29, 0.717) is 0 Å². The Labute approximate surface area is 100 Å². The van der Waals surface area contributed by atoms with Crippen LogP contribution in [0.25, 0.3) is 0 Å². The first kappa shape index (κ1) is 14.7. The standard InChI is InChI=1S/C9H11.C2H6.U/c1-7-4-5-8(2)9(3)6-7;1-2;/h4-6H,3H2,1-2H3;1-2H3;/q-1;;. The van der Waals surface area contributed by atoms with Crippen molar-refractivity contribution >= 4 is 0 Å². The Bertz CT molecular complexity index is 216. The van der Waals surface area contributed by atoms with Crippen molar-refractivity contribution in [2.24, 2.45) is 0 Å². The molecule has 0 aromatic heterocycles. The van der Waals surface area contributed by atoms with Gasteiger partial charge in [0, 0.05) is 31.1 Å². The quantitative estimate of drug-likeness (QED) is 0.598. The maximum atomic E-state index is 3.88. The zero-order valence-electron chi connectivity index (χ0n) is 8.44. The summed E-state index contributed by atoms with van der Waals surface area (Å²) >= 11 is 0. The molecule has 12 heavy (non-hydrogen) atoms. The summed E-state index contributed by atoms with van der Waals surface area (Å²) in [4.78, 5) is 0. The van der Waals surface area contributed by atoms with E-state index in [9.17, 15) is 0 Å². The number of rotatable bonds is 0. The van der Waals surface area contributed by atoms with E-state index in [1.54, 1.807) is 0 Å². The molecule has 0 heterocycles. The molecule has 0 unspecified atom stereocenters. The first-order valence-electron chi connectivity index (χ1n) is 4.09. The van der Waals surface area contributed by atoms with Gasteiger partial charge in [-0.1, -0.05) is 33.8 Å². The predicted octanol–water partition coefficient (Wildman–Crippen LogP) is 3.51. The molecule has 0 aliphatic carbocycles. The molecule has 0 saturated heterocycles.